The zero-order valence-electron chi connectivity index (χ0n) is 7.73. The molecule has 0 amide bonds. The van der Waals surface area contributed by atoms with Gasteiger partial charge in [0.1, 0.15) is 6.07 Å². The molecule has 1 aromatic rings. The summed E-state index contributed by atoms with van der Waals surface area (Å²) in [7, 11) is 0. The van der Waals surface area contributed by atoms with Crippen LogP contribution in [0.1, 0.15) is 5.56 Å². The van der Waals surface area contributed by atoms with Crippen molar-refractivity contribution in [3.63, 3.8) is 0 Å². The molecule has 0 bridgehead atoms. The molecular formula is C10H6LiNO2. The van der Waals surface area contributed by atoms with E-state index in [-0.39, 0.29) is 24.4 Å². The van der Waals surface area contributed by atoms with Crippen LogP contribution in [0.15, 0.2) is 35.9 Å². The first-order valence-corrected chi connectivity index (χ1v) is 3.62. The molecule has 0 saturated heterocycles. The molecule has 0 saturated carbocycles. The van der Waals surface area contributed by atoms with E-state index in [2.05, 4.69) is 0 Å². The average Bonchev–Trinajstić information content (AvgIpc) is 2.15. The molecule has 0 N–H and O–H groups in total. The second-order valence-corrected chi connectivity index (χ2v) is 2.37. The zero-order valence-corrected chi connectivity index (χ0v) is 7.73. The Bertz CT molecular complexity index is 379. The number of nitriles is 1. The maximum Gasteiger partial charge on any atom is 1.00 e. The standard InChI is InChI=1S/C10H7NO2.Li/c11-7-9(10(12)13)6-8-4-2-1-3-5-8;/h1-6H,(H,12,13);/q;+1/p-1. The van der Waals surface area contributed by atoms with E-state index >= 15 is 0 Å². The van der Waals surface area contributed by atoms with E-state index in [4.69, 9.17) is 5.26 Å². The molecule has 4 heteroatoms. The minimum Gasteiger partial charge on any atom is -0.544 e. The van der Waals surface area contributed by atoms with Crippen LogP contribution in [0.3, 0.4) is 0 Å². The van der Waals surface area contributed by atoms with Crippen LogP contribution < -0.4 is 24.0 Å². The summed E-state index contributed by atoms with van der Waals surface area (Å²) >= 11 is 0. The number of hydrogen-bond donors (Lipinski definition) is 0. The van der Waals surface area contributed by atoms with Gasteiger partial charge in [-0.1, -0.05) is 30.3 Å². The number of rotatable bonds is 2. The molecule has 0 aliphatic heterocycles. The molecule has 0 radical (unpaired) electrons. The van der Waals surface area contributed by atoms with Crippen LogP contribution in [0.5, 0.6) is 0 Å². The monoisotopic (exact) mass is 179 g/mol. The summed E-state index contributed by atoms with van der Waals surface area (Å²) in [6.07, 6.45) is 1.27. The zero-order chi connectivity index (χ0) is 9.68. The SMILES string of the molecule is N#CC(=Cc1ccccc1)C(=O)[O-].[Li+]. The van der Waals surface area contributed by atoms with Crippen LogP contribution in [-0.4, -0.2) is 5.97 Å². The molecule has 0 aliphatic carbocycles. The molecule has 0 heterocycles. The molecule has 0 aromatic heterocycles. The molecule has 1 aromatic carbocycles. The van der Waals surface area contributed by atoms with E-state index in [1.54, 1.807) is 30.3 Å². The number of carbonyl (C=O) groups excluding carboxylic acids is 1. The van der Waals surface area contributed by atoms with Gasteiger partial charge >= 0.3 is 18.9 Å². The third-order valence-electron chi connectivity index (χ3n) is 1.45. The number of carboxylic acid groups (broad SMARTS) is 1. The number of aliphatic carboxylic acids is 1. The molecule has 64 valence electrons. The normalized spacial score (nSPS) is 9.79. The second kappa shape index (κ2) is 6.04. The van der Waals surface area contributed by atoms with E-state index < -0.39 is 5.97 Å². The Morgan fingerprint density at radius 2 is 1.93 bits per heavy atom. The van der Waals surface area contributed by atoms with Gasteiger partial charge < -0.3 is 9.90 Å². The fraction of sp³-hybridized carbons (Fsp3) is 0. The summed E-state index contributed by atoms with van der Waals surface area (Å²) in [4.78, 5) is 10.3. The summed E-state index contributed by atoms with van der Waals surface area (Å²) in [5.74, 6) is -1.45. The van der Waals surface area contributed by atoms with Crippen LogP contribution in [-0.2, 0) is 4.79 Å². The van der Waals surface area contributed by atoms with Crippen LogP contribution in [0.25, 0.3) is 6.08 Å². The van der Waals surface area contributed by atoms with Gasteiger partial charge in [0.05, 0.1) is 11.5 Å². The van der Waals surface area contributed by atoms with E-state index in [0.717, 1.165) is 0 Å². The van der Waals surface area contributed by atoms with E-state index in [1.165, 1.54) is 6.08 Å². The fourth-order valence-corrected chi connectivity index (χ4v) is 0.853. The summed E-state index contributed by atoms with van der Waals surface area (Å²) in [6, 6.07) is 10.3. The first kappa shape index (κ1) is 12.5. The Morgan fingerprint density at radius 1 is 1.36 bits per heavy atom. The van der Waals surface area contributed by atoms with Gasteiger partial charge in [-0.05, 0) is 11.6 Å². The van der Waals surface area contributed by atoms with Crippen molar-refractivity contribution >= 4 is 12.0 Å². The van der Waals surface area contributed by atoms with Gasteiger partial charge in [0.2, 0.25) is 0 Å². The second-order valence-electron chi connectivity index (χ2n) is 2.37. The van der Waals surface area contributed by atoms with Crippen molar-refractivity contribution in [2.75, 3.05) is 0 Å². The molecule has 1 rings (SSSR count). The van der Waals surface area contributed by atoms with Crippen molar-refractivity contribution in [3.05, 3.63) is 41.5 Å². The van der Waals surface area contributed by atoms with E-state index in [0.29, 0.717) is 5.56 Å². The number of hydrogen-bond acceptors (Lipinski definition) is 3. The molecule has 0 atom stereocenters. The average molecular weight is 179 g/mol. The van der Waals surface area contributed by atoms with Crippen molar-refractivity contribution in [2.24, 2.45) is 0 Å². The Hall–Kier alpha value is -1.48. The van der Waals surface area contributed by atoms with Crippen molar-refractivity contribution in [1.29, 1.82) is 5.26 Å². The molecule has 3 nitrogen and oxygen atoms in total. The summed E-state index contributed by atoms with van der Waals surface area (Å²) in [6.45, 7) is 0. The fourth-order valence-electron chi connectivity index (χ4n) is 0.853. The Labute approximate surface area is 93.8 Å². The first-order chi connectivity index (χ1) is 6.24. The quantitative estimate of drug-likeness (QED) is 0.283. The molecule has 0 spiro atoms. The van der Waals surface area contributed by atoms with Crippen LogP contribution in [0.2, 0.25) is 0 Å². The molecule has 0 aliphatic rings. The van der Waals surface area contributed by atoms with Gasteiger partial charge in [-0.15, -0.1) is 0 Å². The maximum atomic E-state index is 10.3. The smallest absolute Gasteiger partial charge is 0.544 e. The van der Waals surface area contributed by atoms with Crippen molar-refractivity contribution in [3.8, 4) is 6.07 Å². The number of carboxylic acids is 1. The minimum absolute atomic E-state index is 0. The number of benzene rings is 1. The van der Waals surface area contributed by atoms with Gasteiger partial charge in [-0.2, -0.15) is 5.26 Å². The Morgan fingerprint density at radius 3 is 2.36 bits per heavy atom. The minimum atomic E-state index is -1.45. The topological polar surface area (TPSA) is 63.9 Å². The predicted octanol–water partition coefficient (Wildman–Crippen LogP) is -2.65. The number of nitrogens with zero attached hydrogens (tertiary/aromatic N) is 1. The maximum absolute atomic E-state index is 10.3. The van der Waals surface area contributed by atoms with Crippen LogP contribution in [0.4, 0.5) is 0 Å². The first-order valence-electron chi connectivity index (χ1n) is 3.62. The van der Waals surface area contributed by atoms with Crippen molar-refractivity contribution < 1.29 is 28.8 Å². The van der Waals surface area contributed by atoms with Crippen molar-refractivity contribution in [1.82, 2.24) is 0 Å². The molecule has 14 heavy (non-hydrogen) atoms. The molecule has 0 unspecified atom stereocenters. The molecule has 0 fully saturated rings. The largest absolute Gasteiger partial charge is 1.00 e. The summed E-state index contributed by atoms with van der Waals surface area (Å²) < 4.78 is 0. The Balaban J connectivity index is 0.00000169. The molecular weight excluding hydrogens is 173 g/mol. The summed E-state index contributed by atoms with van der Waals surface area (Å²) in [5.41, 5.74) is 0.300. The number of carbonyl (C=O) groups is 1. The van der Waals surface area contributed by atoms with Gasteiger partial charge in [0.15, 0.2) is 0 Å². The summed E-state index contributed by atoms with van der Waals surface area (Å²) in [5, 5.41) is 18.8. The van der Waals surface area contributed by atoms with Gasteiger partial charge in [-0.25, -0.2) is 0 Å². The van der Waals surface area contributed by atoms with Gasteiger partial charge in [-0.3, -0.25) is 0 Å². The third-order valence-corrected chi connectivity index (χ3v) is 1.45. The predicted molar refractivity (Wildman–Crippen MR) is 45.0 cm³/mol. The van der Waals surface area contributed by atoms with Crippen molar-refractivity contribution in [2.45, 2.75) is 0 Å². The van der Waals surface area contributed by atoms with E-state index in [1.807, 2.05) is 6.07 Å². The van der Waals surface area contributed by atoms with Gasteiger partial charge in [0.25, 0.3) is 0 Å². The Kier molecular flexibility index (Phi) is 5.40. The van der Waals surface area contributed by atoms with Crippen LogP contribution in [0, 0.1) is 11.3 Å². The van der Waals surface area contributed by atoms with Gasteiger partial charge in [0, 0.05) is 0 Å². The van der Waals surface area contributed by atoms with E-state index in [9.17, 15) is 9.90 Å². The third kappa shape index (κ3) is 3.49. The van der Waals surface area contributed by atoms with Crippen LogP contribution >= 0.6 is 0 Å².